The summed E-state index contributed by atoms with van der Waals surface area (Å²) in [4.78, 5) is 31.7. The second-order valence-electron chi connectivity index (χ2n) is 5.25. The normalized spacial score (nSPS) is 10.5. The molecule has 30 heavy (non-hydrogen) atoms. The first-order valence-electron chi connectivity index (χ1n) is 8.15. The van der Waals surface area contributed by atoms with Gasteiger partial charge in [-0.3, -0.25) is 5.32 Å². The summed E-state index contributed by atoms with van der Waals surface area (Å²) < 4.78 is 45.5. The van der Waals surface area contributed by atoms with Crippen molar-refractivity contribution in [3.05, 3.63) is 48.6 Å². The number of hydrogen-bond acceptors (Lipinski definition) is 10. The van der Waals surface area contributed by atoms with E-state index < -0.39 is 22.3 Å². The van der Waals surface area contributed by atoms with Crippen LogP contribution in [0.4, 0.5) is 10.7 Å². The number of aromatic nitrogens is 2. The number of urea groups is 1. The van der Waals surface area contributed by atoms with Crippen LogP contribution in [0.3, 0.4) is 0 Å². The summed E-state index contributed by atoms with van der Waals surface area (Å²) in [6, 6.07) is 5.57. The molecule has 0 aliphatic heterocycles. The van der Waals surface area contributed by atoms with Crippen LogP contribution in [-0.2, 0) is 15.0 Å². The molecule has 2 amide bonds. The highest BCUT2D eigenvalue weighted by Gasteiger charge is 2.22. The van der Waals surface area contributed by atoms with E-state index in [1.165, 1.54) is 50.6 Å². The van der Waals surface area contributed by atoms with Crippen molar-refractivity contribution < 1.29 is 36.4 Å². The monoisotopic (exact) mass is 438 g/mol. The highest BCUT2D eigenvalue weighted by atomic mass is 32.2. The van der Waals surface area contributed by atoms with E-state index in [2.05, 4.69) is 21.9 Å². The van der Waals surface area contributed by atoms with Crippen LogP contribution in [0.1, 0.15) is 10.4 Å². The van der Waals surface area contributed by atoms with E-state index in [1.807, 2.05) is 0 Å². The zero-order chi connectivity index (χ0) is 22.1. The minimum atomic E-state index is -4.67. The lowest BCUT2D eigenvalue weighted by Crippen LogP contribution is -2.37. The molecule has 0 bridgehead atoms. The van der Waals surface area contributed by atoms with Crippen LogP contribution >= 0.6 is 0 Å². The maximum absolute atomic E-state index is 12.2. The van der Waals surface area contributed by atoms with Crippen LogP contribution in [0.25, 0.3) is 0 Å². The number of hydrogen-bond donors (Lipinski definition) is 2. The van der Waals surface area contributed by atoms with Gasteiger partial charge in [-0.1, -0.05) is 24.8 Å². The molecular weight excluding hydrogens is 420 g/mol. The third-order valence-corrected chi connectivity index (χ3v) is 4.01. The summed E-state index contributed by atoms with van der Waals surface area (Å²) in [5, 5.41) is 2.10. The van der Waals surface area contributed by atoms with Crippen molar-refractivity contribution >= 4 is 28.3 Å². The Kier molecular flexibility index (Phi) is 7.52. The number of para-hydroxylation sites is 1. The SMILES string of the molecule is C=CCOC(=O)c1ccccc1OS(=O)(=O)NC(=O)Nc1nc(OC)cc(OC)n1. The number of benzene rings is 1. The van der Waals surface area contributed by atoms with E-state index in [-0.39, 0.29) is 35.6 Å². The minimum Gasteiger partial charge on any atom is -0.481 e. The first-order chi connectivity index (χ1) is 14.3. The Labute approximate surface area is 172 Å². The smallest absolute Gasteiger partial charge is 0.411 e. The van der Waals surface area contributed by atoms with E-state index in [1.54, 1.807) is 4.72 Å². The van der Waals surface area contributed by atoms with Gasteiger partial charge in [-0.25, -0.2) is 14.3 Å². The van der Waals surface area contributed by atoms with Gasteiger partial charge >= 0.3 is 22.3 Å². The zero-order valence-electron chi connectivity index (χ0n) is 15.9. The van der Waals surface area contributed by atoms with Crippen LogP contribution in [0.5, 0.6) is 17.5 Å². The maximum atomic E-state index is 12.2. The number of esters is 1. The van der Waals surface area contributed by atoms with Gasteiger partial charge in [0.1, 0.15) is 12.2 Å². The van der Waals surface area contributed by atoms with Crippen molar-refractivity contribution in [2.45, 2.75) is 0 Å². The van der Waals surface area contributed by atoms with Gasteiger partial charge in [-0.05, 0) is 12.1 Å². The molecule has 2 aromatic rings. The number of carbonyl (C=O) groups excluding carboxylic acids is 2. The summed E-state index contributed by atoms with van der Waals surface area (Å²) in [5.74, 6) is -1.31. The molecule has 0 fully saturated rings. The van der Waals surface area contributed by atoms with Gasteiger partial charge < -0.3 is 18.4 Å². The first kappa shape index (κ1) is 22.4. The lowest BCUT2D eigenvalue weighted by Gasteiger charge is -2.12. The predicted molar refractivity (Wildman–Crippen MR) is 104 cm³/mol. The molecule has 0 saturated carbocycles. The van der Waals surface area contributed by atoms with E-state index in [4.69, 9.17) is 18.4 Å². The molecule has 160 valence electrons. The fourth-order valence-corrected chi connectivity index (χ4v) is 2.67. The Hall–Kier alpha value is -3.87. The van der Waals surface area contributed by atoms with E-state index >= 15 is 0 Å². The van der Waals surface area contributed by atoms with Crippen molar-refractivity contribution in [1.82, 2.24) is 14.7 Å². The molecule has 0 unspecified atom stereocenters. The molecule has 0 aliphatic carbocycles. The maximum Gasteiger partial charge on any atom is 0.411 e. The molecule has 12 nitrogen and oxygen atoms in total. The van der Waals surface area contributed by atoms with Crippen LogP contribution in [0, 0.1) is 0 Å². The average molecular weight is 438 g/mol. The molecule has 1 heterocycles. The first-order valence-corrected chi connectivity index (χ1v) is 9.56. The Balaban J connectivity index is 2.12. The van der Waals surface area contributed by atoms with Crippen molar-refractivity contribution in [1.29, 1.82) is 0 Å². The summed E-state index contributed by atoms with van der Waals surface area (Å²) in [6.45, 7) is 3.33. The summed E-state index contributed by atoms with van der Waals surface area (Å²) in [6.07, 6.45) is 1.35. The molecule has 0 atom stereocenters. The zero-order valence-corrected chi connectivity index (χ0v) is 16.8. The largest absolute Gasteiger partial charge is 0.481 e. The number of anilines is 1. The highest BCUT2D eigenvalue weighted by Crippen LogP contribution is 2.21. The Morgan fingerprint density at radius 3 is 2.37 bits per heavy atom. The number of amides is 2. The summed E-state index contributed by atoms with van der Waals surface area (Å²) in [5.41, 5.74) is -0.161. The minimum absolute atomic E-state index is 0.0724. The van der Waals surface area contributed by atoms with Crippen molar-refractivity contribution in [3.63, 3.8) is 0 Å². The number of nitrogens with one attached hydrogen (secondary N) is 2. The molecule has 0 spiro atoms. The van der Waals surface area contributed by atoms with E-state index in [0.29, 0.717) is 0 Å². The van der Waals surface area contributed by atoms with Crippen LogP contribution in [-0.4, -0.2) is 51.2 Å². The number of ether oxygens (including phenoxy) is 3. The predicted octanol–water partition coefficient (Wildman–Crippen LogP) is 1.28. The molecular formula is C17H18N4O8S. The molecule has 2 N–H and O–H groups in total. The van der Waals surface area contributed by atoms with Crippen LogP contribution in [0.15, 0.2) is 43.0 Å². The van der Waals surface area contributed by atoms with Gasteiger partial charge in [-0.15, -0.1) is 0 Å². The Bertz CT molecular complexity index is 1020. The number of methoxy groups -OCH3 is 2. The fraction of sp³-hybridized carbons (Fsp3) is 0.176. The Morgan fingerprint density at radius 1 is 1.13 bits per heavy atom. The fourth-order valence-electron chi connectivity index (χ4n) is 1.97. The summed E-state index contributed by atoms with van der Waals surface area (Å²) >= 11 is 0. The second kappa shape index (κ2) is 10.1. The standard InChI is InChI=1S/C17H18N4O8S/c1-4-9-28-15(22)11-7-5-6-8-12(11)29-30(24,25)21-17(23)20-16-18-13(26-2)10-14(19-16)27-3/h4-8,10H,1,9H2,2-3H3,(H2,18,19,20,21,23). The molecule has 0 radical (unpaired) electrons. The lowest BCUT2D eigenvalue weighted by atomic mass is 10.2. The van der Waals surface area contributed by atoms with Gasteiger partial charge in [0, 0.05) is 0 Å². The molecule has 0 aliphatic rings. The highest BCUT2D eigenvalue weighted by molar-refractivity contribution is 7.85. The molecule has 1 aromatic carbocycles. The number of rotatable bonds is 9. The van der Waals surface area contributed by atoms with Gasteiger partial charge in [0.2, 0.25) is 17.7 Å². The quantitative estimate of drug-likeness (QED) is 0.432. The van der Waals surface area contributed by atoms with Crippen molar-refractivity contribution in [3.8, 4) is 17.5 Å². The lowest BCUT2D eigenvalue weighted by molar-refractivity contribution is 0.0548. The number of nitrogens with zero attached hydrogens (tertiary/aromatic N) is 2. The molecule has 13 heteroatoms. The second-order valence-corrected chi connectivity index (χ2v) is 6.53. The third kappa shape index (κ3) is 6.34. The van der Waals surface area contributed by atoms with Crippen LogP contribution in [0.2, 0.25) is 0 Å². The van der Waals surface area contributed by atoms with Gasteiger partial charge in [-0.2, -0.15) is 18.4 Å². The third-order valence-electron chi connectivity index (χ3n) is 3.18. The number of carbonyl (C=O) groups is 2. The van der Waals surface area contributed by atoms with Crippen molar-refractivity contribution in [2.75, 3.05) is 26.1 Å². The van der Waals surface area contributed by atoms with Crippen LogP contribution < -0.4 is 23.7 Å². The molecule has 0 saturated heterocycles. The molecule has 1 aromatic heterocycles. The van der Waals surface area contributed by atoms with Gasteiger partial charge in [0.15, 0.2) is 5.75 Å². The van der Waals surface area contributed by atoms with E-state index in [9.17, 15) is 18.0 Å². The average Bonchev–Trinajstić information content (AvgIpc) is 2.71. The topological polar surface area (TPSA) is 155 Å². The van der Waals surface area contributed by atoms with E-state index in [0.717, 1.165) is 0 Å². The van der Waals surface area contributed by atoms with Gasteiger partial charge in [0.05, 0.1) is 20.3 Å². The van der Waals surface area contributed by atoms with Gasteiger partial charge in [0.25, 0.3) is 0 Å². The summed E-state index contributed by atoms with van der Waals surface area (Å²) in [7, 11) is -2.00. The molecule has 2 rings (SSSR count). The Morgan fingerprint density at radius 2 is 1.77 bits per heavy atom. The van der Waals surface area contributed by atoms with Crippen molar-refractivity contribution in [2.24, 2.45) is 0 Å².